The zero-order valence-electron chi connectivity index (χ0n) is 15.5. The van der Waals surface area contributed by atoms with E-state index in [9.17, 15) is 9.59 Å². The van der Waals surface area contributed by atoms with E-state index in [1.165, 1.54) is 16.2 Å². The van der Waals surface area contributed by atoms with Crippen molar-refractivity contribution in [2.45, 2.75) is 39.8 Å². The number of aromatic nitrogens is 1. The van der Waals surface area contributed by atoms with Crippen molar-refractivity contribution < 1.29 is 18.4 Å². The fraction of sp³-hybridized carbons (Fsp3) is 0.316. The number of urea groups is 1. The first-order valence-electron chi connectivity index (χ1n) is 8.51. The van der Waals surface area contributed by atoms with Crippen LogP contribution < -0.4 is 5.32 Å². The molecule has 0 saturated carbocycles. The molecule has 140 valence electrons. The summed E-state index contributed by atoms with van der Waals surface area (Å²) in [4.78, 5) is 32.2. The van der Waals surface area contributed by atoms with Crippen LogP contribution in [0, 0.1) is 20.8 Å². The van der Waals surface area contributed by atoms with Crippen molar-refractivity contribution in [3.05, 3.63) is 52.1 Å². The van der Waals surface area contributed by atoms with Crippen LogP contribution in [0.25, 0.3) is 10.8 Å². The largest absolute Gasteiger partial charge is 0.466 e. The molecule has 1 saturated heterocycles. The molecule has 7 nitrogen and oxygen atoms in total. The Morgan fingerprint density at radius 2 is 2.00 bits per heavy atom. The number of carbonyl (C=O) groups is 2. The van der Waals surface area contributed by atoms with Gasteiger partial charge in [0, 0.05) is 5.56 Å². The Bertz CT molecular complexity index is 1030. The Hall–Kier alpha value is -2.87. The number of hydrogen-bond acceptors (Lipinski definition) is 6. The third-order valence-electron chi connectivity index (χ3n) is 4.79. The molecule has 1 aliphatic heterocycles. The maximum Gasteiger partial charge on any atom is 0.325 e. The molecule has 4 heterocycles. The third-order valence-corrected chi connectivity index (χ3v) is 5.64. The molecular formula is C19H19N3O4S. The first kappa shape index (κ1) is 17.5. The zero-order valence-corrected chi connectivity index (χ0v) is 16.3. The van der Waals surface area contributed by atoms with Crippen LogP contribution >= 0.6 is 11.3 Å². The van der Waals surface area contributed by atoms with Gasteiger partial charge in [-0.25, -0.2) is 9.78 Å². The Labute approximate surface area is 160 Å². The van der Waals surface area contributed by atoms with Crippen molar-refractivity contribution in [2.75, 3.05) is 0 Å². The van der Waals surface area contributed by atoms with Gasteiger partial charge >= 0.3 is 6.03 Å². The van der Waals surface area contributed by atoms with Crippen molar-refractivity contribution in [3.63, 3.8) is 0 Å². The quantitative estimate of drug-likeness (QED) is 0.688. The number of oxazole rings is 1. The molecule has 0 aromatic carbocycles. The van der Waals surface area contributed by atoms with Crippen LogP contribution in [0.1, 0.15) is 35.5 Å². The molecule has 0 radical (unpaired) electrons. The van der Waals surface area contributed by atoms with E-state index in [0.29, 0.717) is 34.4 Å². The van der Waals surface area contributed by atoms with Gasteiger partial charge in [-0.2, -0.15) is 0 Å². The minimum atomic E-state index is -1.16. The van der Waals surface area contributed by atoms with E-state index >= 15 is 0 Å². The number of amides is 3. The van der Waals surface area contributed by atoms with Crippen molar-refractivity contribution in [2.24, 2.45) is 0 Å². The summed E-state index contributed by atoms with van der Waals surface area (Å²) >= 11 is 1.52. The monoisotopic (exact) mass is 385 g/mol. The van der Waals surface area contributed by atoms with Crippen LogP contribution in [-0.4, -0.2) is 21.8 Å². The summed E-state index contributed by atoms with van der Waals surface area (Å²) in [5.41, 5.74) is 0.0657. The lowest BCUT2D eigenvalue weighted by molar-refractivity contribution is -0.131. The van der Waals surface area contributed by atoms with Crippen LogP contribution in [0.4, 0.5) is 4.79 Å². The minimum Gasteiger partial charge on any atom is -0.466 e. The van der Waals surface area contributed by atoms with E-state index in [4.69, 9.17) is 8.83 Å². The van der Waals surface area contributed by atoms with Gasteiger partial charge in [-0.3, -0.25) is 9.69 Å². The van der Waals surface area contributed by atoms with Crippen molar-refractivity contribution >= 4 is 23.3 Å². The Morgan fingerprint density at radius 1 is 1.22 bits per heavy atom. The summed E-state index contributed by atoms with van der Waals surface area (Å²) in [6.07, 6.45) is 0. The first-order valence-corrected chi connectivity index (χ1v) is 9.39. The molecule has 1 aliphatic rings. The van der Waals surface area contributed by atoms with Crippen LogP contribution in [-0.2, 0) is 16.9 Å². The number of furan rings is 1. The molecule has 0 aliphatic carbocycles. The van der Waals surface area contributed by atoms with E-state index < -0.39 is 11.6 Å². The maximum atomic E-state index is 13.1. The number of carbonyl (C=O) groups excluding carboxylic acids is 2. The van der Waals surface area contributed by atoms with Crippen molar-refractivity contribution in [3.8, 4) is 10.8 Å². The number of aryl methyl sites for hydroxylation is 3. The maximum absolute atomic E-state index is 13.1. The number of thiophene rings is 1. The average Bonchev–Trinajstić information content (AvgIpc) is 3.35. The summed E-state index contributed by atoms with van der Waals surface area (Å²) in [6.45, 7) is 7.11. The highest BCUT2D eigenvalue weighted by Crippen LogP contribution is 2.34. The van der Waals surface area contributed by atoms with Crippen molar-refractivity contribution in [1.29, 1.82) is 0 Å². The lowest BCUT2D eigenvalue weighted by Crippen LogP contribution is -2.41. The van der Waals surface area contributed by atoms with E-state index in [2.05, 4.69) is 10.3 Å². The topological polar surface area (TPSA) is 88.6 Å². The van der Waals surface area contributed by atoms with Gasteiger partial charge in [0.05, 0.1) is 11.4 Å². The number of hydrogen-bond donors (Lipinski definition) is 1. The van der Waals surface area contributed by atoms with Crippen molar-refractivity contribution in [1.82, 2.24) is 15.2 Å². The zero-order chi connectivity index (χ0) is 19.3. The van der Waals surface area contributed by atoms with Gasteiger partial charge in [-0.1, -0.05) is 6.07 Å². The predicted molar refractivity (Wildman–Crippen MR) is 99.2 cm³/mol. The summed E-state index contributed by atoms with van der Waals surface area (Å²) in [5, 5.41) is 4.73. The molecule has 0 bridgehead atoms. The van der Waals surface area contributed by atoms with Gasteiger partial charge in [-0.15, -0.1) is 11.3 Å². The minimum absolute atomic E-state index is 0.0524. The molecule has 0 spiro atoms. The number of imide groups is 1. The smallest absolute Gasteiger partial charge is 0.325 e. The fourth-order valence-electron chi connectivity index (χ4n) is 3.38. The standard InChI is InChI=1S/C19H19N3O4S/c1-10-8-13(11(2)25-10)19(4)17(23)22(18(24)21-19)9-14-12(3)26-16(20-14)15-6-5-7-27-15/h5-8H,9H2,1-4H3,(H,21,24)/t19-/m0/s1. The van der Waals surface area contributed by atoms with Gasteiger partial charge in [-0.05, 0) is 45.2 Å². The molecule has 27 heavy (non-hydrogen) atoms. The Kier molecular flexibility index (Phi) is 3.96. The van der Waals surface area contributed by atoms with Gasteiger partial charge < -0.3 is 14.2 Å². The molecule has 1 N–H and O–H groups in total. The lowest BCUT2D eigenvalue weighted by Gasteiger charge is -2.21. The number of nitrogens with zero attached hydrogens (tertiary/aromatic N) is 2. The summed E-state index contributed by atoms with van der Waals surface area (Å²) in [6, 6.07) is 5.15. The van der Waals surface area contributed by atoms with Gasteiger partial charge in [0.25, 0.3) is 5.91 Å². The number of rotatable bonds is 4. The van der Waals surface area contributed by atoms with Crippen LogP contribution in [0.3, 0.4) is 0 Å². The second kappa shape index (κ2) is 6.09. The second-order valence-corrected chi connectivity index (χ2v) is 7.72. The molecule has 0 unspecified atom stereocenters. The molecule has 1 atom stereocenters. The van der Waals surface area contributed by atoms with Gasteiger partial charge in [0.2, 0.25) is 5.89 Å². The summed E-state index contributed by atoms with van der Waals surface area (Å²) in [5.74, 6) is 2.05. The van der Waals surface area contributed by atoms with E-state index in [-0.39, 0.29) is 12.5 Å². The fourth-order valence-corrected chi connectivity index (χ4v) is 4.03. The number of nitrogens with one attached hydrogen (secondary N) is 1. The Morgan fingerprint density at radius 3 is 2.63 bits per heavy atom. The van der Waals surface area contributed by atoms with Crippen LogP contribution in [0.5, 0.6) is 0 Å². The normalized spacial score (nSPS) is 19.8. The molecule has 1 fully saturated rings. The average molecular weight is 385 g/mol. The highest BCUT2D eigenvalue weighted by atomic mass is 32.1. The lowest BCUT2D eigenvalue weighted by atomic mass is 9.92. The molecule has 4 rings (SSSR count). The Balaban J connectivity index is 1.63. The van der Waals surface area contributed by atoms with E-state index in [0.717, 1.165) is 4.88 Å². The molecule has 3 aromatic rings. The van der Waals surface area contributed by atoms with Crippen LogP contribution in [0.15, 0.2) is 32.4 Å². The summed E-state index contributed by atoms with van der Waals surface area (Å²) < 4.78 is 11.3. The second-order valence-electron chi connectivity index (χ2n) is 6.77. The van der Waals surface area contributed by atoms with Gasteiger partial charge in [0.15, 0.2) is 0 Å². The molecule has 8 heteroatoms. The summed E-state index contributed by atoms with van der Waals surface area (Å²) in [7, 11) is 0. The predicted octanol–water partition coefficient (Wildman–Crippen LogP) is 3.89. The van der Waals surface area contributed by atoms with E-state index in [1.807, 2.05) is 24.4 Å². The highest BCUT2D eigenvalue weighted by Gasteiger charge is 2.50. The SMILES string of the molecule is Cc1cc([C@]2(C)NC(=O)N(Cc3nc(-c4cccs4)oc3C)C2=O)c(C)o1. The van der Waals surface area contributed by atoms with E-state index in [1.54, 1.807) is 26.8 Å². The first-order chi connectivity index (χ1) is 12.8. The third kappa shape index (κ3) is 2.76. The molecular weight excluding hydrogens is 366 g/mol. The van der Waals surface area contributed by atoms with Crippen LogP contribution in [0.2, 0.25) is 0 Å². The highest BCUT2D eigenvalue weighted by molar-refractivity contribution is 7.13. The molecule has 3 aromatic heterocycles. The van der Waals surface area contributed by atoms with Gasteiger partial charge in [0.1, 0.15) is 28.5 Å². The molecule has 3 amide bonds.